The summed E-state index contributed by atoms with van der Waals surface area (Å²) in [4.78, 5) is 0. The Labute approximate surface area is 76.8 Å². The molecule has 0 aliphatic rings. The van der Waals surface area contributed by atoms with Gasteiger partial charge < -0.3 is 9.52 Å². The molecule has 0 spiro atoms. The van der Waals surface area contributed by atoms with Crippen LogP contribution >= 0.6 is 0 Å². The SMILES string of the molecule is Cc1cc2cccc(C(C)O)c2o1. The van der Waals surface area contributed by atoms with Gasteiger partial charge in [0.25, 0.3) is 0 Å². The number of fused-ring (bicyclic) bond motifs is 1. The highest BCUT2D eigenvalue weighted by Gasteiger charge is 2.09. The lowest BCUT2D eigenvalue weighted by molar-refractivity contribution is 0.199. The van der Waals surface area contributed by atoms with Crippen LogP contribution in [-0.2, 0) is 0 Å². The minimum Gasteiger partial charge on any atom is -0.461 e. The van der Waals surface area contributed by atoms with Crippen molar-refractivity contribution in [1.29, 1.82) is 0 Å². The molecule has 0 amide bonds. The summed E-state index contributed by atoms with van der Waals surface area (Å²) < 4.78 is 5.50. The van der Waals surface area contributed by atoms with Gasteiger partial charge in [-0.15, -0.1) is 0 Å². The Morgan fingerprint density at radius 3 is 2.85 bits per heavy atom. The first kappa shape index (κ1) is 8.32. The maximum atomic E-state index is 9.47. The second kappa shape index (κ2) is 2.89. The van der Waals surface area contributed by atoms with Crippen LogP contribution in [0.1, 0.15) is 24.4 Å². The summed E-state index contributed by atoms with van der Waals surface area (Å²) in [6.45, 7) is 3.65. The first-order chi connectivity index (χ1) is 6.18. The summed E-state index contributed by atoms with van der Waals surface area (Å²) in [7, 11) is 0. The molecule has 0 saturated heterocycles. The fourth-order valence-corrected chi connectivity index (χ4v) is 1.54. The molecule has 1 aromatic heterocycles. The average molecular weight is 176 g/mol. The fraction of sp³-hybridized carbons (Fsp3) is 0.273. The lowest BCUT2D eigenvalue weighted by Crippen LogP contribution is -1.90. The molecular weight excluding hydrogens is 164 g/mol. The van der Waals surface area contributed by atoms with Gasteiger partial charge in [-0.05, 0) is 19.9 Å². The van der Waals surface area contributed by atoms with E-state index in [4.69, 9.17) is 4.42 Å². The lowest BCUT2D eigenvalue weighted by Gasteiger charge is -2.03. The predicted octanol–water partition coefficient (Wildman–Crippen LogP) is 2.79. The number of rotatable bonds is 1. The van der Waals surface area contributed by atoms with Crippen molar-refractivity contribution in [3.8, 4) is 0 Å². The van der Waals surface area contributed by atoms with Gasteiger partial charge in [0.1, 0.15) is 11.3 Å². The number of aryl methyl sites for hydroxylation is 1. The maximum Gasteiger partial charge on any atom is 0.140 e. The van der Waals surface area contributed by atoms with E-state index in [2.05, 4.69) is 0 Å². The molecule has 1 heterocycles. The monoisotopic (exact) mass is 176 g/mol. The zero-order chi connectivity index (χ0) is 9.42. The summed E-state index contributed by atoms with van der Waals surface area (Å²) in [5.74, 6) is 0.878. The highest BCUT2D eigenvalue weighted by molar-refractivity contribution is 5.81. The first-order valence-corrected chi connectivity index (χ1v) is 4.35. The number of benzene rings is 1. The van der Waals surface area contributed by atoms with Gasteiger partial charge in [-0.25, -0.2) is 0 Å². The van der Waals surface area contributed by atoms with Crippen LogP contribution in [0, 0.1) is 6.92 Å². The van der Waals surface area contributed by atoms with E-state index in [0.29, 0.717) is 0 Å². The van der Waals surface area contributed by atoms with Crippen molar-refractivity contribution in [2.45, 2.75) is 20.0 Å². The van der Waals surface area contributed by atoms with Gasteiger partial charge in [-0.2, -0.15) is 0 Å². The van der Waals surface area contributed by atoms with Gasteiger partial charge in [0.2, 0.25) is 0 Å². The molecule has 68 valence electrons. The van der Waals surface area contributed by atoms with Crippen LogP contribution in [0.15, 0.2) is 28.7 Å². The molecule has 0 aliphatic heterocycles. The molecule has 13 heavy (non-hydrogen) atoms. The lowest BCUT2D eigenvalue weighted by atomic mass is 10.1. The molecule has 2 heteroatoms. The van der Waals surface area contributed by atoms with E-state index in [1.165, 1.54) is 0 Å². The summed E-state index contributed by atoms with van der Waals surface area (Å²) in [5, 5.41) is 10.5. The minimum atomic E-state index is -0.478. The molecule has 2 aromatic rings. The van der Waals surface area contributed by atoms with Crippen molar-refractivity contribution >= 4 is 11.0 Å². The summed E-state index contributed by atoms with van der Waals surface area (Å²) >= 11 is 0. The Morgan fingerprint density at radius 1 is 1.38 bits per heavy atom. The summed E-state index contributed by atoms with van der Waals surface area (Å²) in [5.41, 5.74) is 1.65. The predicted molar refractivity (Wildman–Crippen MR) is 51.6 cm³/mol. The van der Waals surface area contributed by atoms with Crippen molar-refractivity contribution < 1.29 is 9.52 Å². The third-order valence-corrected chi connectivity index (χ3v) is 2.15. The molecule has 2 nitrogen and oxygen atoms in total. The van der Waals surface area contributed by atoms with Crippen LogP contribution in [0.3, 0.4) is 0 Å². The number of para-hydroxylation sites is 1. The smallest absolute Gasteiger partial charge is 0.140 e. The zero-order valence-corrected chi connectivity index (χ0v) is 7.74. The van der Waals surface area contributed by atoms with Gasteiger partial charge in [0, 0.05) is 10.9 Å². The van der Waals surface area contributed by atoms with Gasteiger partial charge in [0.15, 0.2) is 0 Å². The molecule has 1 atom stereocenters. The molecule has 0 bridgehead atoms. The van der Waals surface area contributed by atoms with Gasteiger partial charge in [-0.3, -0.25) is 0 Å². The molecule has 1 N–H and O–H groups in total. The summed E-state index contributed by atoms with van der Waals surface area (Å²) in [6, 6.07) is 7.77. The second-order valence-electron chi connectivity index (χ2n) is 3.30. The van der Waals surface area contributed by atoms with Crippen LogP contribution in [0.5, 0.6) is 0 Å². The first-order valence-electron chi connectivity index (χ1n) is 4.35. The Hall–Kier alpha value is -1.28. The van der Waals surface area contributed by atoms with E-state index >= 15 is 0 Å². The quantitative estimate of drug-likeness (QED) is 0.724. The number of hydrogen-bond donors (Lipinski definition) is 1. The van der Waals surface area contributed by atoms with Gasteiger partial charge in [-0.1, -0.05) is 18.2 Å². The second-order valence-corrected chi connectivity index (χ2v) is 3.30. The zero-order valence-electron chi connectivity index (χ0n) is 7.74. The van der Waals surface area contributed by atoms with Crippen molar-refractivity contribution in [2.75, 3.05) is 0 Å². The van der Waals surface area contributed by atoms with Gasteiger partial charge in [0.05, 0.1) is 6.10 Å². The molecule has 0 saturated carbocycles. The third-order valence-electron chi connectivity index (χ3n) is 2.15. The van der Waals surface area contributed by atoms with Crippen LogP contribution in [0.2, 0.25) is 0 Å². The number of aliphatic hydroxyl groups is 1. The van der Waals surface area contributed by atoms with Crippen molar-refractivity contribution in [3.05, 3.63) is 35.6 Å². The van der Waals surface area contributed by atoms with E-state index < -0.39 is 6.10 Å². The average Bonchev–Trinajstić information content (AvgIpc) is 2.43. The minimum absolute atomic E-state index is 0.478. The number of hydrogen-bond acceptors (Lipinski definition) is 2. The Bertz CT molecular complexity index is 427. The third kappa shape index (κ3) is 1.33. The number of aliphatic hydroxyl groups excluding tert-OH is 1. The molecule has 2 rings (SSSR count). The van der Waals surface area contributed by atoms with E-state index in [9.17, 15) is 5.11 Å². The number of furan rings is 1. The van der Waals surface area contributed by atoms with E-state index in [-0.39, 0.29) is 0 Å². The van der Waals surface area contributed by atoms with Gasteiger partial charge >= 0.3 is 0 Å². The van der Waals surface area contributed by atoms with Crippen molar-refractivity contribution in [1.82, 2.24) is 0 Å². The van der Waals surface area contributed by atoms with Crippen LogP contribution in [0.4, 0.5) is 0 Å². The normalized spacial score (nSPS) is 13.5. The molecular formula is C11H12O2. The van der Waals surface area contributed by atoms with E-state index in [1.807, 2.05) is 31.2 Å². The van der Waals surface area contributed by atoms with E-state index in [0.717, 1.165) is 22.3 Å². The van der Waals surface area contributed by atoms with Crippen molar-refractivity contribution in [2.24, 2.45) is 0 Å². The van der Waals surface area contributed by atoms with E-state index in [1.54, 1.807) is 6.92 Å². The Balaban J connectivity index is 2.75. The summed E-state index contributed by atoms with van der Waals surface area (Å²) in [6.07, 6.45) is -0.478. The topological polar surface area (TPSA) is 33.4 Å². The Morgan fingerprint density at radius 2 is 2.15 bits per heavy atom. The highest BCUT2D eigenvalue weighted by Crippen LogP contribution is 2.26. The highest BCUT2D eigenvalue weighted by atomic mass is 16.3. The van der Waals surface area contributed by atoms with Crippen LogP contribution in [0.25, 0.3) is 11.0 Å². The molecule has 0 aliphatic carbocycles. The van der Waals surface area contributed by atoms with Crippen LogP contribution in [-0.4, -0.2) is 5.11 Å². The molecule has 1 unspecified atom stereocenters. The molecule has 0 fully saturated rings. The van der Waals surface area contributed by atoms with Crippen molar-refractivity contribution in [3.63, 3.8) is 0 Å². The standard InChI is InChI=1S/C11H12O2/c1-7-6-9-4-3-5-10(8(2)12)11(9)13-7/h3-6,8,12H,1-2H3. The molecule has 1 aromatic carbocycles. The largest absolute Gasteiger partial charge is 0.461 e. The molecule has 0 radical (unpaired) electrons. The Kier molecular flexibility index (Phi) is 1.85. The fourth-order valence-electron chi connectivity index (χ4n) is 1.54. The van der Waals surface area contributed by atoms with Crippen LogP contribution < -0.4 is 0 Å². The maximum absolute atomic E-state index is 9.47.